The molecule has 0 aliphatic carbocycles. The molecule has 0 aliphatic rings. The molecule has 0 aliphatic heterocycles. The Balaban J connectivity index is 2.14. The Kier molecular flexibility index (Phi) is 1.56. The van der Waals surface area contributed by atoms with Gasteiger partial charge in [-0.2, -0.15) is 14.0 Å². The highest BCUT2D eigenvalue weighted by atomic mass is 32.1. The van der Waals surface area contributed by atoms with Crippen LogP contribution in [-0.4, -0.2) is 29.4 Å². The summed E-state index contributed by atoms with van der Waals surface area (Å²) in [5.41, 5.74) is 0.872. The molecule has 6 nitrogen and oxygen atoms in total. The fraction of sp³-hybridized carbons (Fsp3) is 0.250. The van der Waals surface area contributed by atoms with E-state index in [1.165, 1.54) is 11.7 Å². The van der Waals surface area contributed by atoms with Gasteiger partial charge in [-0.1, -0.05) is 5.21 Å². The van der Waals surface area contributed by atoms with Crippen LogP contribution >= 0.6 is 11.7 Å². The topological polar surface area (TPSA) is 80.2 Å². The van der Waals surface area contributed by atoms with Gasteiger partial charge in [0.25, 0.3) is 0 Å². The molecule has 0 aromatic carbocycles. The second-order valence-corrected chi connectivity index (χ2v) is 2.46. The van der Waals surface area contributed by atoms with Crippen LogP contribution in [0.15, 0.2) is 6.20 Å². The van der Waals surface area contributed by atoms with Gasteiger partial charge >= 0.3 is 0 Å². The van der Waals surface area contributed by atoms with Gasteiger partial charge in [0.1, 0.15) is 0 Å². The standard InChI is InChI=1S/C4H4N6S/c1(3-2-5-11-8-3)4-6-9-10-7-4/h2H,1H2,(H,6,7,9,10). The van der Waals surface area contributed by atoms with Crippen LogP contribution in [0.3, 0.4) is 0 Å². The van der Waals surface area contributed by atoms with Crippen molar-refractivity contribution >= 4 is 11.7 Å². The third-order valence-electron chi connectivity index (χ3n) is 1.14. The van der Waals surface area contributed by atoms with Crippen molar-refractivity contribution in [1.29, 1.82) is 0 Å². The highest BCUT2D eigenvalue weighted by molar-refractivity contribution is 6.99. The summed E-state index contributed by atoms with van der Waals surface area (Å²) in [5.74, 6) is 0.637. The summed E-state index contributed by atoms with van der Waals surface area (Å²) < 4.78 is 7.85. The smallest absolute Gasteiger partial charge is 0.180 e. The van der Waals surface area contributed by atoms with Crippen LogP contribution in [0.4, 0.5) is 0 Å². The van der Waals surface area contributed by atoms with Gasteiger partial charge < -0.3 is 0 Å². The third kappa shape index (κ3) is 1.37. The number of nitrogens with one attached hydrogen (secondary N) is 1. The van der Waals surface area contributed by atoms with E-state index >= 15 is 0 Å². The van der Waals surface area contributed by atoms with Crippen molar-refractivity contribution in [3.05, 3.63) is 17.7 Å². The molecule has 0 saturated heterocycles. The van der Waals surface area contributed by atoms with E-state index in [0.29, 0.717) is 12.2 Å². The fourth-order valence-corrected chi connectivity index (χ4v) is 1.11. The Morgan fingerprint density at radius 3 is 3.18 bits per heavy atom. The number of hydrogen-bond donors (Lipinski definition) is 1. The van der Waals surface area contributed by atoms with Gasteiger partial charge in [-0.15, -0.1) is 10.2 Å². The minimum atomic E-state index is 0.590. The maximum absolute atomic E-state index is 4.00. The number of aromatic nitrogens is 6. The molecule has 1 N–H and O–H groups in total. The summed E-state index contributed by atoms with van der Waals surface area (Å²) in [7, 11) is 0. The Hall–Kier alpha value is -1.37. The zero-order valence-electron chi connectivity index (χ0n) is 5.43. The second-order valence-electron chi connectivity index (χ2n) is 1.90. The van der Waals surface area contributed by atoms with Crippen molar-refractivity contribution in [1.82, 2.24) is 29.4 Å². The SMILES string of the molecule is c1nsnc1Cc1nn[nH]n1. The molecule has 0 atom stereocenters. The van der Waals surface area contributed by atoms with Crippen LogP contribution in [0.2, 0.25) is 0 Å². The van der Waals surface area contributed by atoms with Gasteiger partial charge in [0.2, 0.25) is 0 Å². The summed E-state index contributed by atoms with van der Waals surface area (Å²) in [6, 6.07) is 0. The van der Waals surface area contributed by atoms with E-state index in [2.05, 4.69) is 29.4 Å². The number of nitrogens with zero attached hydrogens (tertiary/aromatic N) is 5. The molecule has 2 rings (SSSR count). The van der Waals surface area contributed by atoms with Crippen LogP contribution < -0.4 is 0 Å². The predicted molar refractivity (Wildman–Crippen MR) is 36.9 cm³/mol. The number of hydrogen-bond acceptors (Lipinski definition) is 6. The van der Waals surface area contributed by atoms with Gasteiger partial charge in [0.15, 0.2) is 5.82 Å². The molecule has 0 fully saturated rings. The van der Waals surface area contributed by atoms with Gasteiger partial charge in [-0.3, -0.25) is 0 Å². The van der Waals surface area contributed by atoms with Crippen molar-refractivity contribution in [3.63, 3.8) is 0 Å². The molecule has 11 heavy (non-hydrogen) atoms. The normalized spacial score (nSPS) is 10.2. The maximum Gasteiger partial charge on any atom is 0.180 e. The van der Waals surface area contributed by atoms with Crippen molar-refractivity contribution in [2.45, 2.75) is 6.42 Å². The van der Waals surface area contributed by atoms with Crippen LogP contribution in [0.5, 0.6) is 0 Å². The monoisotopic (exact) mass is 168 g/mol. The molecule has 0 amide bonds. The lowest BCUT2D eigenvalue weighted by Gasteiger charge is -1.83. The predicted octanol–water partition coefficient (Wildman–Crippen LogP) is -0.358. The molecule has 2 heterocycles. The number of rotatable bonds is 2. The fourth-order valence-electron chi connectivity index (χ4n) is 0.681. The molecule has 0 radical (unpaired) electrons. The van der Waals surface area contributed by atoms with Gasteiger partial charge in [-0.05, 0) is 0 Å². The van der Waals surface area contributed by atoms with E-state index in [1.54, 1.807) is 6.20 Å². The number of aromatic amines is 1. The second kappa shape index (κ2) is 2.70. The molecule has 0 saturated carbocycles. The van der Waals surface area contributed by atoms with Gasteiger partial charge in [0.05, 0.1) is 30.0 Å². The maximum atomic E-state index is 4.00. The Labute approximate surface area is 66.0 Å². The summed E-state index contributed by atoms with van der Waals surface area (Å²) in [5, 5.41) is 13.4. The molecule has 0 unspecified atom stereocenters. The molecule has 56 valence electrons. The summed E-state index contributed by atoms with van der Waals surface area (Å²) in [6.07, 6.45) is 2.29. The highest BCUT2D eigenvalue weighted by Crippen LogP contribution is 1.99. The van der Waals surface area contributed by atoms with E-state index in [-0.39, 0.29) is 0 Å². The van der Waals surface area contributed by atoms with E-state index in [0.717, 1.165) is 5.69 Å². The lowest BCUT2D eigenvalue weighted by Crippen LogP contribution is -1.90. The summed E-state index contributed by atoms with van der Waals surface area (Å²) >= 11 is 1.18. The van der Waals surface area contributed by atoms with Crippen molar-refractivity contribution in [2.24, 2.45) is 0 Å². The van der Waals surface area contributed by atoms with Crippen LogP contribution in [0.25, 0.3) is 0 Å². The molecule has 7 heteroatoms. The van der Waals surface area contributed by atoms with Crippen LogP contribution in [-0.2, 0) is 6.42 Å². The lowest BCUT2D eigenvalue weighted by molar-refractivity contribution is 0.881. The lowest BCUT2D eigenvalue weighted by atomic mass is 10.3. The first-order valence-electron chi connectivity index (χ1n) is 2.94. The zero-order valence-corrected chi connectivity index (χ0v) is 6.25. The van der Waals surface area contributed by atoms with E-state index in [1.807, 2.05) is 0 Å². The van der Waals surface area contributed by atoms with Crippen molar-refractivity contribution in [2.75, 3.05) is 0 Å². The third-order valence-corrected chi connectivity index (χ3v) is 1.65. The summed E-state index contributed by atoms with van der Waals surface area (Å²) in [4.78, 5) is 0. The molecule has 2 aromatic rings. The zero-order chi connectivity index (χ0) is 7.52. The Morgan fingerprint density at radius 2 is 2.55 bits per heavy atom. The first-order chi connectivity index (χ1) is 5.45. The molecule has 2 aromatic heterocycles. The van der Waals surface area contributed by atoms with E-state index in [4.69, 9.17) is 0 Å². The minimum absolute atomic E-state index is 0.590. The molecule has 0 bridgehead atoms. The van der Waals surface area contributed by atoms with Crippen LogP contribution in [0, 0.1) is 0 Å². The van der Waals surface area contributed by atoms with Crippen LogP contribution in [0.1, 0.15) is 11.5 Å². The number of H-pyrrole nitrogens is 1. The first-order valence-corrected chi connectivity index (χ1v) is 3.67. The Morgan fingerprint density at radius 1 is 1.55 bits per heavy atom. The largest absolute Gasteiger partial charge is 0.181 e. The van der Waals surface area contributed by atoms with Crippen molar-refractivity contribution < 1.29 is 0 Å². The van der Waals surface area contributed by atoms with Gasteiger partial charge in [-0.25, -0.2) is 0 Å². The quantitative estimate of drug-likeness (QED) is 0.662. The average molecular weight is 168 g/mol. The molecular weight excluding hydrogens is 164 g/mol. The van der Waals surface area contributed by atoms with E-state index < -0.39 is 0 Å². The number of tetrazole rings is 1. The highest BCUT2D eigenvalue weighted by Gasteiger charge is 2.01. The molecule has 0 spiro atoms. The Bertz CT molecular complexity index is 267. The first kappa shape index (κ1) is 6.35. The van der Waals surface area contributed by atoms with Crippen molar-refractivity contribution in [3.8, 4) is 0 Å². The molecular formula is C4H4N6S. The van der Waals surface area contributed by atoms with E-state index in [9.17, 15) is 0 Å². The van der Waals surface area contributed by atoms with Gasteiger partial charge in [0, 0.05) is 0 Å². The minimum Gasteiger partial charge on any atom is -0.181 e. The average Bonchev–Trinajstić information content (AvgIpc) is 2.60. The summed E-state index contributed by atoms with van der Waals surface area (Å²) in [6.45, 7) is 0.